The Kier molecular flexibility index (Phi) is 5.29. The quantitative estimate of drug-likeness (QED) is 0.562. The van der Waals surface area contributed by atoms with Crippen molar-refractivity contribution in [1.29, 1.82) is 0 Å². The molecule has 0 amide bonds. The number of nitrogens with one attached hydrogen (secondary N) is 1. The van der Waals surface area contributed by atoms with Crippen molar-refractivity contribution in [2.45, 2.75) is 46.0 Å². The fourth-order valence-corrected chi connectivity index (χ4v) is 3.70. The van der Waals surface area contributed by atoms with E-state index >= 15 is 0 Å². The molecule has 0 saturated heterocycles. The van der Waals surface area contributed by atoms with Crippen molar-refractivity contribution in [1.82, 2.24) is 4.98 Å². The van der Waals surface area contributed by atoms with E-state index < -0.39 is 0 Å². The summed E-state index contributed by atoms with van der Waals surface area (Å²) in [6, 6.07) is 14.5. The molecule has 0 aliphatic heterocycles. The fraction of sp³-hybridized carbons (Fsp3) is 0.318. The van der Waals surface area contributed by atoms with E-state index in [1.54, 1.807) is 6.92 Å². The highest BCUT2D eigenvalue weighted by Gasteiger charge is 2.23. The van der Waals surface area contributed by atoms with Crippen molar-refractivity contribution < 1.29 is 4.79 Å². The van der Waals surface area contributed by atoms with Crippen LogP contribution in [0.5, 0.6) is 0 Å². The number of halogens is 1. The number of ketones is 1. The molecule has 1 N–H and O–H groups in total. The molecular weight excluding hydrogens is 330 g/mol. The number of benzene rings is 2. The van der Waals surface area contributed by atoms with Crippen LogP contribution in [0.25, 0.3) is 10.9 Å². The number of carbonyl (C=O) groups excluding carboxylic acids is 1. The summed E-state index contributed by atoms with van der Waals surface area (Å²) in [6.45, 7) is 5.93. The van der Waals surface area contributed by atoms with Gasteiger partial charge >= 0.3 is 0 Å². The predicted molar refractivity (Wildman–Crippen MR) is 106 cm³/mol. The van der Waals surface area contributed by atoms with Gasteiger partial charge in [-0.25, -0.2) is 0 Å². The molecule has 1 heterocycles. The van der Waals surface area contributed by atoms with E-state index in [1.165, 1.54) is 22.1 Å². The summed E-state index contributed by atoms with van der Waals surface area (Å²) in [5.41, 5.74) is 5.92. The lowest BCUT2D eigenvalue weighted by Crippen LogP contribution is -2.09. The predicted octanol–water partition coefficient (Wildman–Crippen LogP) is 6.19. The fourth-order valence-electron chi connectivity index (χ4n) is 3.53. The van der Waals surface area contributed by atoms with E-state index in [9.17, 15) is 4.79 Å². The summed E-state index contributed by atoms with van der Waals surface area (Å²) in [4.78, 5) is 15.6. The van der Waals surface area contributed by atoms with Gasteiger partial charge in [0.1, 0.15) is 5.78 Å². The minimum Gasteiger partial charge on any atom is -0.358 e. The smallest absolute Gasteiger partial charge is 0.130 e. The van der Waals surface area contributed by atoms with Gasteiger partial charge < -0.3 is 4.98 Å². The summed E-state index contributed by atoms with van der Waals surface area (Å²) in [6.07, 6.45) is 2.52. The second-order valence-corrected chi connectivity index (χ2v) is 7.26. The van der Waals surface area contributed by atoms with Crippen molar-refractivity contribution in [2.75, 3.05) is 0 Å². The van der Waals surface area contributed by atoms with E-state index in [-0.39, 0.29) is 11.7 Å². The second-order valence-electron chi connectivity index (χ2n) is 6.83. The molecule has 0 fully saturated rings. The Bertz CT molecular complexity index is 892. The molecule has 0 saturated carbocycles. The Balaban J connectivity index is 2.18. The maximum absolute atomic E-state index is 12.0. The average molecular weight is 354 g/mol. The van der Waals surface area contributed by atoms with E-state index in [1.807, 2.05) is 18.2 Å². The lowest BCUT2D eigenvalue weighted by Gasteiger charge is -2.18. The minimum absolute atomic E-state index is 0.0471. The maximum atomic E-state index is 12.0. The van der Waals surface area contributed by atoms with Crippen molar-refractivity contribution >= 4 is 28.3 Å². The van der Waals surface area contributed by atoms with Gasteiger partial charge in [-0.3, -0.25) is 4.79 Å². The zero-order valence-electron chi connectivity index (χ0n) is 15.0. The Morgan fingerprint density at radius 3 is 2.52 bits per heavy atom. The number of fused-ring (bicyclic) bond motifs is 1. The monoisotopic (exact) mass is 353 g/mol. The van der Waals surface area contributed by atoms with E-state index in [0.717, 1.165) is 29.1 Å². The SMILES string of the molecule is CCCc1c(C(CC(C)=O)c2ccc(C)cc2)[nH]c2ccc(Cl)cc12. The van der Waals surface area contributed by atoms with Gasteiger partial charge in [-0.2, -0.15) is 0 Å². The standard InChI is InChI=1S/C22H24ClNO/c1-4-5-18-20-13-17(23)10-11-21(20)24-22(18)19(12-15(3)25)16-8-6-14(2)7-9-16/h6-11,13,19,24H,4-5,12H2,1-3H3. The molecule has 0 bridgehead atoms. The summed E-state index contributed by atoms with van der Waals surface area (Å²) in [7, 11) is 0. The Morgan fingerprint density at radius 1 is 1.16 bits per heavy atom. The zero-order chi connectivity index (χ0) is 18.0. The number of rotatable bonds is 6. The molecular formula is C22H24ClNO. The number of aryl methyl sites for hydroxylation is 2. The van der Waals surface area contributed by atoms with Gasteiger partial charge in [-0.15, -0.1) is 0 Å². The van der Waals surface area contributed by atoms with Crippen LogP contribution >= 0.6 is 11.6 Å². The first-order valence-corrected chi connectivity index (χ1v) is 9.23. The molecule has 1 aromatic heterocycles. The van der Waals surface area contributed by atoms with Crippen LogP contribution in [-0.2, 0) is 11.2 Å². The molecule has 1 unspecified atom stereocenters. The number of hydrogen-bond donors (Lipinski definition) is 1. The largest absolute Gasteiger partial charge is 0.358 e. The van der Waals surface area contributed by atoms with Crippen LogP contribution in [-0.4, -0.2) is 10.8 Å². The normalized spacial score (nSPS) is 12.5. The minimum atomic E-state index is 0.0471. The van der Waals surface area contributed by atoms with Crippen molar-refractivity contribution in [3.05, 3.63) is 69.9 Å². The topological polar surface area (TPSA) is 32.9 Å². The highest BCUT2D eigenvalue weighted by molar-refractivity contribution is 6.31. The van der Waals surface area contributed by atoms with Gasteiger partial charge in [0.25, 0.3) is 0 Å². The summed E-state index contributed by atoms with van der Waals surface area (Å²) in [5, 5.41) is 1.92. The van der Waals surface area contributed by atoms with Gasteiger partial charge in [-0.1, -0.05) is 54.8 Å². The molecule has 0 spiro atoms. The Hall–Kier alpha value is -2.06. The number of hydrogen-bond acceptors (Lipinski definition) is 1. The lowest BCUT2D eigenvalue weighted by atomic mass is 9.87. The molecule has 2 aromatic carbocycles. The maximum Gasteiger partial charge on any atom is 0.130 e. The Morgan fingerprint density at radius 2 is 1.88 bits per heavy atom. The number of aromatic nitrogens is 1. The molecule has 0 aliphatic rings. The van der Waals surface area contributed by atoms with E-state index in [4.69, 9.17) is 11.6 Å². The molecule has 25 heavy (non-hydrogen) atoms. The number of carbonyl (C=O) groups is 1. The first kappa shape index (κ1) is 17.8. The first-order chi connectivity index (χ1) is 12.0. The average Bonchev–Trinajstić information content (AvgIpc) is 2.92. The van der Waals surface area contributed by atoms with Crippen molar-refractivity contribution in [2.24, 2.45) is 0 Å². The second kappa shape index (κ2) is 7.45. The van der Waals surface area contributed by atoms with E-state index in [0.29, 0.717) is 6.42 Å². The number of aromatic amines is 1. The number of H-pyrrole nitrogens is 1. The third-order valence-electron chi connectivity index (χ3n) is 4.72. The molecule has 2 nitrogen and oxygen atoms in total. The van der Waals surface area contributed by atoms with E-state index in [2.05, 4.69) is 43.1 Å². The number of Topliss-reactive ketones (excluding diaryl/α,β-unsaturated/α-hetero) is 1. The molecule has 1 atom stereocenters. The van der Waals surface area contributed by atoms with Crippen LogP contribution < -0.4 is 0 Å². The zero-order valence-corrected chi connectivity index (χ0v) is 15.8. The summed E-state index contributed by atoms with van der Waals surface area (Å²) in [5.74, 6) is 0.246. The molecule has 3 rings (SSSR count). The van der Waals surface area contributed by atoms with Crippen LogP contribution in [0.2, 0.25) is 5.02 Å². The highest BCUT2D eigenvalue weighted by atomic mass is 35.5. The summed E-state index contributed by atoms with van der Waals surface area (Å²) < 4.78 is 0. The van der Waals surface area contributed by atoms with Gasteiger partial charge in [0, 0.05) is 34.0 Å². The molecule has 0 radical (unpaired) electrons. The van der Waals surface area contributed by atoms with Crippen molar-refractivity contribution in [3.8, 4) is 0 Å². The molecule has 130 valence electrons. The van der Waals surface area contributed by atoms with Crippen LogP contribution in [0.1, 0.15) is 55.0 Å². The first-order valence-electron chi connectivity index (χ1n) is 8.85. The van der Waals surface area contributed by atoms with Crippen molar-refractivity contribution in [3.63, 3.8) is 0 Å². The molecule has 3 heteroatoms. The van der Waals surface area contributed by atoms with Gasteiger partial charge in [0.2, 0.25) is 0 Å². The van der Waals surface area contributed by atoms with Crippen LogP contribution in [0.4, 0.5) is 0 Å². The van der Waals surface area contributed by atoms with Gasteiger partial charge in [0.15, 0.2) is 0 Å². The van der Waals surface area contributed by atoms with Crippen LogP contribution in [0.15, 0.2) is 42.5 Å². The summed E-state index contributed by atoms with van der Waals surface area (Å²) >= 11 is 6.23. The third kappa shape index (κ3) is 3.80. The Labute approximate surface area is 154 Å². The lowest BCUT2D eigenvalue weighted by molar-refractivity contribution is -0.117. The molecule has 0 aliphatic carbocycles. The molecule has 3 aromatic rings. The van der Waals surface area contributed by atoms with Crippen LogP contribution in [0, 0.1) is 6.92 Å². The van der Waals surface area contributed by atoms with Gasteiger partial charge in [0.05, 0.1) is 0 Å². The third-order valence-corrected chi connectivity index (χ3v) is 4.96. The highest BCUT2D eigenvalue weighted by Crippen LogP contribution is 2.36. The van der Waals surface area contributed by atoms with Crippen LogP contribution in [0.3, 0.4) is 0 Å². The van der Waals surface area contributed by atoms with Gasteiger partial charge in [-0.05, 0) is 49.6 Å².